The summed E-state index contributed by atoms with van der Waals surface area (Å²) in [5, 5.41) is 0. The summed E-state index contributed by atoms with van der Waals surface area (Å²) in [7, 11) is 2.02. The van der Waals surface area contributed by atoms with Crippen LogP contribution in [0, 0.1) is 0 Å². The van der Waals surface area contributed by atoms with E-state index < -0.39 is 11.7 Å². The van der Waals surface area contributed by atoms with Crippen LogP contribution in [-0.2, 0) is 15.1 Å². The van der Waals surface area contributed by atoms with E-state index in [1.807, 2.05) is 25.2 Å². The summed E-state index contributed by atoms with van der Waals surface area (Å²) >= 11 is 0. The van der Waals surface area contributed by atoms with Gasteiger partial charge in [0, 0.05) is 31.7 Å². The molecule has 0 bridgehead atoms. The number of benzene rings is 1. The fourth-order valence-electron chi connectivity index (χ4n) is 2.32. The highest BCUT2D eigenvalue weighted by Gasteiger charge is 2.38. The van der Waals surface area contributed by atoms with Crippen molar-refractivity contribution in [2.45, 2.75) is 19.4 Å². The smallest absolute Gasteiger partial charge is 0.411 e. The first-order chi connectivity index (χ1) is 9.93. The Morgan fingerprint density at radius 3 is 2.14 bits per heavy atom. The third-order valence-corrected chi connectivity index (χ3v) is 4.05. The molecule has 1 aromatic carbocycles. The largest absolute Gasteiger partial charge is 0.430 e. The van der Waals surface area contributed by atoms with Crippen molar-refractivity contribution < 1.29 is 14.3 Å². The Kier molecular flexibility index (Phi) is 6.38. The van der Waals surface area contributed by atoms with E-state index in [1.165, 1.54) is 6.92 Å². The van der Waals surface area contributed by atoms with Crippen molar-refractivity contribution in [1.82, 2.24) is 9.80 Å². The number of ketones is 1. The van der Waals surface area contributed by atoms with E-state index >= 15 is 0 Å². The number of rotatable bonds is 3. The number of likely N-dealkylation sites (N-methyl/N-ethyl adjacent to an activating group) is 1. The third-order valence-electron chi connectivity index (χ3n) is 4.05. The second-order valence-corrected chi connectivity index (χ2v) is 5.61. The van der Waals surface area contributed by atoms with E-state index in [-0.39, 0.29) is 18.2 Å². The summed E-state index contributed by atoms with van der Waals surface area (Å²) in [6.45, 7) is 5.98. The van der Waals surface area contributed by atoms with Gasteiger partial charge in [0.1, 0.15) is 0 Å². The minimum Gasteiger partial charge on any atom is -0.430 e. The van der Waals surface area contributed by atoms with Crippen LogP contribution in [-0.4, -0.2) is 54.9 Å². The number of hydrogen-bond acceptors (Lipinski definition) is 4. The quantitative estimate of drug-likeness (QED) is 0.855. The molecule has 1 saturated heterocycles. The minimum absolute atomic E-state index is 0. The van der Waals surface area contributed by atoms with Gasteiger partial charge < -0.3 is 14.5 Å². The van der Waals surface area contributed by atoms with E-state index in [4.69, 9.17) is 4.74 Å². The van der Waals surface area contributed by atoms with Gasteiger partial charge in [-0.1, -0.05) is 30.3 Å². The molecule has 0 aromatic heterocycles. The van der Waals surface area contributed by atoms with E-state index in [1.54, 1.807) is 24.0 Å². The molecule has 5 nitrogen and oxygen atoms in total. The fourth-order valence-corrected chi connectivity index (χ4v) is 2.32. The molecule has 1 amide bonds. The van der Waals surface area contributed by atoms with Crippen molar-refractivity contribution in [1.29, 1.82) is 0 Å². The van der Waals surface area contributed by atoms with Crippen LogP contribution in [0.3, 0.4) is 0 Å². The molecular formula is C16H23ClN2O3. The molecule has 1 atom stereocenters. The van der Waals surface area contributed by atoms with Gasteiger partial charge in [-0.25, -0.2) is 4.79 Å². The van der Waals surface area contributed by atoms with Gasteiger partial charge in [-0.3, -0.25) is 4.79 Å². The zero-order chi connectivity index (χ0) is 15.5. The Labute approximate surface area is 137 Å². The van der Waals surface area contributed by atoms with E-state index in [2.05, 4.69) is 4.90 Å². The fraction of sp³-hybridized carbons (Fsp3) is 0.500. The molecule has 0 aliphatic carbocycles. The zero-order valence-corrected chi connectivity index (χ0v) is 14.1. The van der Waals surface area contributed by atoms with Gasteiger partial charge in [0.25, 0.3) is 0 Å². The summed E-state index contributed by atoms with van der Waals surface area (Å²) in [5.74, 6) is -0.184. The summed E-state index contributed by atoms with van der Waals surface area (Å²) < 4.78 is 5.58. The first kappa shape index (κ1) is 18.5. The van der Waals surface area contributed by atoms with E-state index in [0.717, 1.165) is 13.1 Å². The molecule has 122 valence electrons. The Morgan fingerprint density at radius 1 is 1.09 bits per heavy atom. The number of carbonyl (C=O) groups is 2. The predicted octanol–water partition coefficient (Wildman–Crippen LogP) is 2.30. The summed E-state index contributed by atoms with van der Waals surface area (Å²) in [4.78, 5) is 28.2. The van der Waals surface area contributed by atoms with Gasteiger partial charge >= 0.3 is 6.09 Å². The molecule has 0 N–H and O–H groups in total. The summed E-state index contributed by atoms with van der Waals surface area (Å²) in [6, 6.07) is 9.14. The Hall–Kier alpha value is -1.59. The van der Waals surface area contributed by atoms with Crippen molar-refractivity contribution in [2.75, 3.05) is 33.2 Å². The second-order valence-electron chi connectivity index (χ2n) is 5.61. The second kappa shape index (κ2) is 7.61. The van der Waals surface area contributed by atoms with Gasteiger partial charge in [-0.05, 0) is 20.9 Å². The standard InChI is InChI=1S/C16H22N2O3.ClH/c1-13(19)16(2,14-7-5-4-6-8-14)21-15(20)18-11-9-17(3)10-12-18;/h4-8H,9-12H2,1-3H3;1H. The number of amides is 1. The SMILES string of the molecule is CC(=O)C(C)(OC(=O)N1CCN(C)CC1)c1ccccc1.Cl. The molecular weight excluding hydrogens is 304 g/mol. The van der Waals surface area contributed by atoms with Crippen LogP contribution in [0.25, 0.3) is 0 Å². The zero-order valence-electron chi connectivity index (χ0n) is 13.2. The normalized spacial score (nSPS) is 18.0. The maximum Gasteiger partial charge on any atom is 0.411 e. The third kappa shape index (κ3) is 3.99. The number of halogens is 1. The number of piperazine rings is 1. The first-order valence-electron chi connectivity index (χ1n) is 7.16. The lowest BCUT2D eigenvalue weighted by atomic mass is 9.92. The van der Waals surface area contributed by atoms with E-state index in [0.29, 0.717) is 18.7 Å². The van der Waals surface area contributed by atoms with Crippen molar-refractivity contribution in [2.24, 2.45) is 0 Å². The van der Waals surface area contributed by atoms with Gasteiger partial charge in [0.05, 0.1) is 0 Å². The Bertz CT molecular complexity index is 515. The summed E-state index contributed by atoms with van der Waals surface area (Å²) in [6.07, 6.45) is -0.426. The van der Waals surface area contributed by atoms with Crippen LogP contribution in [0.1, 0.15) is 19.4 Å². The van der Waals surface area contributed by atoms with Crippen LogP contribution in [0.5, 0.6) is 0 Å². The number of ether oxygens (including phenoxy) is 1. The maximum absolute atomic E-state index is 12.3. The number of carbonyl (C=O) groups excluding carboxylic acids is 2. The molecule has 0 saturated carbocycles. The molecule has 0 spiro atoms. The van der Waals surface area contributed by atoms with Crippen molar-refractivity contribution in [3.63, 3.8) is 0 Å². The Morgan fingerprint density at radius 2 is 1.64 bits per heavy atom. The van der Waals surface area contributed by atoms with Crippen molar-refractivity contribution in [3.8, 4) is 0 Å². The van der Waals surface area contributed by atoms with E-state index in [9.17, 15) is 9.59 Å². The van der Waals surface area contributed by atoms with Crippen LogP contribution >= 0.6 is 12.4 Å². The molecule has 6 heteroatoms. The van der Waals surface area contributed by atoms with Gasteiger partial charge in [0.2, 0.25) is 0 Å². The average Bonchev–Trinajstić information content (AvgIpc) is 2.48. The molecule has 1 aromatic rings. The molecule has 1 aliphatic rings. The first-order valence-corrected chi connectivity index (χ1v) is 7.16. The van der Waals surface area contributed by atoms with Crippen molar-refractivity contribution >= 4 is 24.3 Å². The van der Waals surface area contributed by atoms with Gasteiger partial charge in [-0.15, -0.1) is 12.4 Å². The monoisotopic (exact) mass is 326 g/mol. The lowest BCUT2D eigenvalue weighted by Gasteiger charge is -2.35. The molecule has 1 unspecified atom stereocenters. The number of nitrogens with zero attached hydrogens (tertiary/aromatic N) is 2. The summed E-state index contributed by atoms with van der Waals surface area (Å²) in [5.41, 5.74) is -0.540. The van der Waals surface area contributed by atoms with Crippen LogP contribution in [0.2, 0.25) is 0 Å². The highest BCUT2D eigenvalue weighted by Crippen LogP contribution is 2.27. The molecule has 22 heavy (non-hydrogen) atoms. The van der Waals surface area contributed by atoms with Crippen molar-refractivity contribution in [3.05, 3.63) is 35.9 Å². The van der Waals surface area contributed by atoms with Gasteiger partial charge in [-0.2, -0.15) is 0 Å². The molecule has 2 rings (SSSR count). The molecule has 1 fully saturated rings. The predicted molar refractivity (Wildman–Crippen MR) is 87.3 cm³/mol. The lowest BCUT2D eigenvalue weighted by Crippen LogP contribution is -2.49. The lowest BCUT2D eigenvalue weighted by molar-refractivity contribution is -0.135. The Balaban J connectivity index is 0.00000242. The molecule has 1 aliphatic heterocycles. The van der Waals surface area contributed by atoms with Crippen LogP contribution in [0.4, 0.5) is 4.79 Å². The van der Waals surface area contributed by atoms with Crippen LogP contribution < -0.4 is 0 Å². The topological polar surface area (TPSA) is 49.9 Å². The molecule has 0 radical (unpaired) electrons. The highest BCUT2D eigenvalue weighted by molar-refractivity contribution is 5.88. The number of hydrogen-bond donors (Lipinski definition) is 0. The number of Topliss-reactive ketones (excluding diaryl/α,β-unsaturated/α-hetero) is 1. The average molecular weight is 327 g/mol. The highest BCUT2D eigenvalue weighted by atomic mass is 35.5. The minimum atomic E-state index is -1.23. The van der Waals surface area contributed by atoms with Crippen LogP contribution in [0.15, 0.2) is 30.3 Å². The maximum atomic E-state index is 12.3. The van der Waals surface area contributed by atoms with Gasteiger partial charge in [0.15, 0.2) is 11.4 Å². The molecule has 1 heterocycles.